The first-order chi connectivity index (χ1) is 9.04. The van der Waals surface area contributed by atoms with E-state index in [2.05, 4.69) is 0 Å². The number of carbonyl (C=O) groups excluding carboxylic acids is 2. The average Bonchev–Trinajstić information content (AvgIpc) is 2.77. The van der Waals surface area contributed by atoms with E-state index in [-0.39, 0.29) is 17.8 Å². The minimum absolute atomic E-state index is 0.01000. The summed E-state index contributed by atoms with van der Waals surface area (Å²) in [7, 11) is 3.27. The molecule has 2 rings (SSSR count). The van der Waals surface area contributed by atoms with Crippen molar-refractivity contribution in [2.45, 2.75) is 19.8 Å². The molecule has 1 aromatic rings. The zero-order chi connectivity index (χ0) is 14.0. The molecule has 1 aromatic heterocycles. The highest BCUT2D eigenvalue weighted by Crippen LogP contribution is 2.20. The fourth-order valence-corrected chi connectivity index (χ4v) is 2.51. The molecule has 2 heterocycles. The molecule has 1 saturated heterocycles. The molecule has 1 aliphatic heterocycles. The van der Waals surface area contributed by atoms with Gasteiger partial charge in [-0.3, -0.25) is 9.59 Å². The molecular formula is C14H20N2O3. The number of hydrogen-bond acceptors (Lipinski definition) is 3. The van der Waals surface area contributed by atoms with Crippen LogP contribution in [-0.2, 0) is 16.6 Å². The molecule has 0 aromatic carbocycles. The average molecular weight is 264 g/mol. The predicted octanol–water partition coefficient (Wildman–Crippen LogP) is 1.36. The van der Waals surface area contributed by atoms with Gasteiger partial charge in [0, 0.05) is 25.8 Å². The lowest BCUT2D eigenvalue weighted by Crippen LogP contribution is -2.43. The highest BCUT2D eigenvalue weighted by atomic mass is 16.5. The van der Waals surface area contributed by atoms with Crippen molar-refractivity contribution in [1.82, 2.24) is 9.47 Å². The number of likely N-dealkylation sites (tertiary alicyclic amines) is 1. The van der Waals surface area contributed by atoms with E-state index in [1.165, 1.54) is 7.11 Å². The number of nitrogens with zero attached hydrogens (tertiary/aromatic N) is 2. The Morgan fingerprint density at radius 2 is 2.11 bits per heavy atom. The fourth-order valence-electron chi connectivity index (χ4n) is 2.51. The Labute approximate surface area is 113 Å². The van der Waals surface area contributed by atoms with E-state index in [9.17, 15) is 9.59 Å². The van der Waals surface area contributed by atoms with Crippen LogP contribution in [0.4, 0.5) is 0 Å². The summed E-state index contributed by atoms with van der Waals surface area (Å²) < 4.78 is 6.65. The van der Waals surface area contributed by atoms with Gasteiger partial charge in [0.15, 0.2) is 0 Å². The Balaban J connectivity index is 2.11. The van der Waals surface area contributed by atoms with Gasteiger partial charge < -0.3 is 14.2 Å². The Bertz CT molecular complexity index is 493. The van der Waals surface area contributed by atoms with Crippen LogP contribution in [0.25, 0.3) is 0 Å². The van der Waals surface area contributed by atoms with E-state index < -0.39 is 0 Å². The molecule has 5 heteroatoms. The fraction of sp³-hybridized carbons (Fsp3) is 0.571. The molecule has 1 amide bonds. The second-order valence-electron chi connectivity index (χ2n) is 5.03. The summed E-state index contributed by atoms with van der Waals surface area (Å²) in [6, 6.07) is 3.76. The normalized spacial score (nSPS) is 19.3. The molecule has 0 N–H and O–H groups in total. The van der Waals surface area contributed by atoms with Crippen LogP contribution in [0.3, 0.4) is 0 Å². The molecule has 0 aliphatic carbocycles. The Morgan fingerprint density at radius 1 is 1.37 bits per heavy atom. The van der Waals surface area contributed by atoms with Gasteiger partial charge in [0.2, 0.25) is 0 Å². The summed E-state index contributed by atoms with van der Waals surface area (Å²) in [5.41, 5.74) is 1.72. The van der Waals surface area contributed by atoms with Crippen LogP contribution < -0.4 is 0 Å². The van der Waals surface area contributed by atoms with Crippen molar-refractivity contribution in [2.75, 3.05) is 20.2 Å². The number of methoxy groups -OCH3 is 1. The van der Waals surface area contributed by atoms with Gasteiger partial charge in [0.25, 0.3) is 5.91 Å². The van der Waals surface area contributed by atoms with E-state index in [0.717, 1.165) is 18.5 Å². The number of ether oxygens (including phenoxy) is 1. The first-order valence-electron chi connectivity index (χ1n) is 6.54. The van der Waals surface area contributed by atoms with E-state index >= 15 is 0 Å². The number of carbonyl (C=O) groups is 2. The second kappa shape index (κ2) is 5.47. The molecule has 0 radical (unpaired) electrons. The van der Waals surface area contributed by atoms with Crippen molar-refractivity contribution in [1.29, 1.82) is 0 Å². The number of esters is 1. The van der Waals surface area contributed by atoms with Gasteiger partial charge in [0.1, 0.15) is 5.69 Å². The Morgan fingerprint density at radius 3 is 2.68 bits per heavy atom. The van der Waals surface area contributed by atoms with Crippen molar-refractivity contribution in [3.8, 4) is 0 Å². The third-order valence-corrected chi connectivity index (χ3v) is 3.84. The molecule has 104 valence electrons. The first kappa shape index (κ1) is 13.6. The van der Waals surface area contributed by atoms with E-state index in [1.54, 1.807) is 4.90 Å². The Kier molecular flexibility index (Phi) is 3.93. The summed E-state index contributed by atoms with van der Waals surface area (Å²) in [5.74, 6) is -0.422. The minimum atomic E-state index is -0.222. The third kappa shape index (κ3) is 2.64. The van der Waals surface area contributed by atoms with Crippen LogP contribution in [0.1, 0.15) is 29.0 Å². The zero-order valence-electron chi connectivity index (χ0n) is 11.7. The van der Waals surface area contributed by atoms with Crippen molar-refractivity contribution < 1.29 is 14.3 Å². The minimum Gasteiger partial charge on any atom is -0.469 e. The largest absolute Gasteiger partial charge is 0.469 e. The summed E-state index contributed by atoms with van der Waals surface area (Å²) in [5, 5.41) is 0. The number of rotatable bonds is 2. The number of aromatic nitrogens is 1. The van der Waals surface area contributed by atoms with Gasteiger partial charge in [-0.1, -0.05) is 0 Å². The molecule has 5 nitrogen and oxygen atoms in total. The maximum absolute atomic E-state index is 12.4. The highest BCUT2D eigenvalue weighted by Gasteiger charge is 2.30. The van der Waals surface area contributed by atoms with Crippen molar-refractivity contribution in [2.24, 2.45) is 13.0 Å². The maximum atomic E-state index is 12.4. The highest BCUT2D eigenvalue weighted by molar-refractivity contribution is 5.93. The lowest BCUT2D eigenvalue weighted by atomic mass is 9.98. The lowest BCUT2D eigenvalue weighted by Gasteiger charge is -2.31. The smallest absolute Gasteiger partial charge is 0.310 e. The van der Waals surface area contributed by atoms with Crippen LogP contribution in [0, 0.1) is 12.8 Å². The lowest BCUT2D eigenvalue weighted by molar-refractivity contribution is -0.146. The summed E-state index contributed by atoms with van der Waals surface area (Å²) in [6.07, 6.45) is 1.64. The van der Waals surface area contributed by atoms with E-state index in [4.69, 9.17) is 4.74 Å². The van der Waals surface area contributed by atoms with Gasteiger partial charge in [-0.15, -0.1) is 0 Å². The third-order valence-electron chi connectivity index (χ3n) is 3.84. The molecule has 19 heavy (non-hydrogen) atoms. The standard InChI is InChI=1S/C14H20N2O3/c1-10-6-7-12(15(10)2)13(17)16-8-4-5-11(9-16)14(18)19-3/h6-7,11H,4-5,8-9H2,1-3H3/t11-/m0/s1. The van der Waals surface area contributed by atoms with Crippen LogP contribution in [-0.4, -0.2) is 41.5 Å². The summed E-state index contributed by atoms with van der Waals surface area (Å²) in [4.78, 5) is 25.8. The number of amides is 1. The van der Waals surface area contributed by atoms with Crippen molar-refractivity contribution in [3.63, 3.8) is 0 Å². The Hall–Kier alpha value is -1.78. The van der Waals surface area contributed by atoms with Gasteiger partial charge in [-0.05, 0) is 31.9 Å². The van der Waals surface area contributed by atoms with E-state index in [1.807, 2.05) is 30.7 Å². The molecule has 0 saturated carbocycles. The van der Waals surface area contributed by atoms with Crippen LogP contribution >= 0.6 is 0 Å². The topological polar surface area (TPSA) is 51.5 Å². The maximum Gasteiger partial charge on any atom is 0.310 e. The molecular weight excluding hydrogens is 244 g/mol. The van der Waals surface area contributed by atoms with E-state index in [0.29, 0.717) is 18.8 Å². The molecule has 0 spiro atoms. The van der Waals surface area contributed by atoms with Crippen LogP contribution in [0.5, 0.6) is 0 Å². The predicted molar refractivity (Wildman–Crippen MR) is 70.8 cm³/mol. The quantitative estimate of drug-likeness (QED) is 0.758. The number of piperidine rings is 1. The SMILES string of the molecule is COC(=O)[C@H]1CCCN(C(=O)c2ccc(C)n2C)C1. The van der Waals surface area contributed by atoms with Crippen molar-refractivity contribution in [3.05, 3.63) is 23.5 Å². The molecule has 1 atom stereocenters. The van der Waals surface area contributed by atoms with Crippen molar-refractivity contribution >= 4 is 11.9 Å². The monoisotopic (exact) mass is 264 g/mol. The second-order valence-corrected chi connectivity index (χ2v) is 5.03. The van der Waals surface area contributed by atoms with Crippen LogP contribution in [0.2, 0.25) is 0 Å². The van der Waals surface area contributed by atoms with Gasteiger partial charge in [-0.2, -0.15) is 0 Å². The molecule has 1 fully saturated rings. The number of hydrogen-bond donors (Lipinski definition) is 0. The van der Waals surface area contributed by atoms with Crippen LogP contribution in [0.15, 0.2) is 12.1 Å². The first-order valence-corrected chi connectivity index (χ1v) is 6.54. The number of aryl methyl sites for hydroxylation is 1. The van der Waals surface area contributed by atoms with Gasteiger partial charge in [0.05, 0.1) is 13.0 Å². The molecule has 0 unspecified atom stereocenters. The zero-order valence-corrected chi connectivity index (χ0v) is 11.7. The molecule has 0 bridgehead atoms. The summed E-state index contributed by atoms with van der Waals surface area (Å²) >= 11 is 0. The summed E-state index contributed by atoms with van der Waals surface area (Å²) in [6.45, 7) is 3.12. The van der Waals surface area contributed by atoms with Gasteiger partial charge in [-0.25, -0.2) is 0 Å². The van der Waals surface area contributed by atoms with Gasteiger partial charge >= 0.3 is 5.97 Å². The molecule has 1 aliphatic rings.